The van der Waals surface area contributed by atoms with Gasteiger partial charge in [0, 0.05) is 27.7 Å². The third-order valence-electron chi connectivity index (χ3n) is 3.47. The number of thiazole rings is 1. The van der Waals surface area contributed by atoms with Gasteiger partial charge >= 0.3 is 5.97 Å². The summed E-state index contributed by atoms with van der Waals surface area (Å²) in [6.45, 7) is 6.83. The lowest BCUT2D eigenvalue weighted by Crippen LogP contribution is -2.41. The van der Waals surface area contributed by atoms with Crippen molar-refractivity contribution in [1.29, 1.82) is 0 Å². The maximum Gasteiger partial charge on any atom is 0.350 e. The fraction of sp³-hybridized carbons (Fsp3) is 0.647. The number of amides is 1. The molecule has 9 nitrogen and oxygen atoms in total. The SMILES string of the molecule is CCOC(=O)c1sc(C(C)NC(=NCC(=O)N(C)C)NCCOC)nc1C. The van der Waals surface area contributed by atoms with Crippen LogP contribution in [0.3, 0.4) is 0 Å². The number of methoxy groups -OCH3 is 1. The van der Waals surface area contributed by atoms with Gasteiger partial charge in [0.1, 0.15) is 16.4 Å². The van der Waals surface area contributed by atoms with Gasteiger partial charge in [-0.05, 0) is 20.8 Å². The highest BCUT2D eigenvalue weighted by molar-refractivity contribution is 7.13. The number of aliphatic imine (C=N–C) groups is 1. The Labute approximate surface area is 164 Å². The summed E-state index contributed by atoms with van der Waals surface area (Å²) in [5.74, 6) is 0.000104. The van der Waals surface area contributed by atoms with Crippen molar-refractivity contribution in [3.8, 4) is 0 Å². The summed E-state index contributed by atoms with van der Waals surface area (Å²) < 4.78 is 10.1. The number of esters is 1. The monoisotopic (exact) mass is 399 g/mol. The number of nitrogens with zero attached hydrogens (tertiary/aromatic N) is 3. The van der Waals surface area contributed by atoms with Gasteiger partial charge in [-0.15, -0.1) is 11.3 Å². The lowest BCUT2D eigenvalue weighted by atomic mass is 10.3. The van der Waals surface area contributed by atoms with Gasteiger partial charge in [-0.3, -0.25) is 4.79 Å². The van der Waals surface area contributed by atoms with Gasteiger partial charge in [0.2, 0.25) is 5.91 Å². The van der Waals surface area contributed by atoms with Crippen LogP contribution in [0.2, 0.25) is 0 Å². The Kier molecular flexibility index (Phi) is 9.73. The van der Waals surface area contributed by atoms with E-state index in [1.807, 2.05) is 6.92 Å². The number of hydrogen-bond acceptors (Lipinski definition) is 7. The smallest absolute Gasteiger partial charge is 0.350 e. The minimum atomic E-state index is -0.366. The highest BCUT2D eigenvalue weighted by Crippen LogP contribution is 2.24. The van der Waals surface area contributed by atoms with Crippen LogP contribution in [-0.4, -0.2) is 75.2 Å². The molecule has 152 valence electrons. The van der Waals surface area contributed by atoms with Crippen molar-refractivity contribution in [3.63, 3.8) is 0 Å². The van der Waals surface area contributed by atoms with Crippen molar-refractivity contribution in [1.82, 2.24) is 20.5 Å². The molecule has 0 radical (unpaired) electrons. The van der Waals surface area contributed by atoms with Crippen molar-refractivity contribution in [2.45, 2.75) is 26.8 Å². The van der Waals surface area contributed by atoms with Crippen LogP contribution in [0, 0.1) is 6.92 Å². The molecule has 0 aliphatic heterocycles. The minimum absolute atomic E-state index is 0.0208. The van der Waals surface area contributed by atoms with E-state index in [9.17, 15) is 9.59 Å². The Morgan fingerprint density at radius 3 is 2.67 bits per heavy atom. The average molecular weight is 400 g/mol. The largest absolute Gasteiger partial charge is 0.462 e. The molecule has 1 atom stereocenters. The lowest BCUT2D eigenvalue weighted by Gasteiger charge is -2.17. The van der Waals surface area contributed by atoms with Gasteiger partial charge in [-0.1, -0.05) is 0 Å². The Morgan fingerprint density at radius 2 is 2.07 bits per heavy atom. The zero-order chi connectivity index (χ0) is 20.4. The van der Waals surface area contributed by atoms with Crippen LogP contribution in [0.1, 0.15) is 40.3 Å². The first-order chi connectivity index (χ1) is 12.8. The Hall–Kier alpha value is -2.20. The van der Waals surface area contributed by atoms with Crippen molar-refractivity contribution in [2.24, 2.45) is 4.99 Å². The van der Waals surface area contributed by atoms with Crippen LogP contribution in [-0.2, 0) is 14.3 Å². The maximum atomic E-state index is 12.0. The first-order valence-electron chi connectivity index (χ1n) is 8.68. The molecule has 0 aliphatic carbocycles. The lowest BCUT2D eigenvalue weighted by molar-refractivity contribution is -0.127. The molecule has 1 unspecified atom stereocenters. The molecule has 0 aromatic carbocycles. The van der Waals surface area contributed by atoms with Crippen LogP contribution in [0.25, 0.3) is 0 Å². The first kappa shape index (κ1) is 22.8. The molecule has 0 saturated carbocycles. The van der Waals surface area contributed by atoms with E-state index in [1.54, 1.807) is 35.1 Å². The van der Waals surface area contributed by atoms with Gasteiger partial charge in [0.15, 0.2) is 5.96 Å². The Morgan fingerprint density at radius 1 is 1.37 bits per heavy atom. The van der Waals surface area contributed by atoms with Gasteiger partial charge in [-0.2, -0.15) is 0 Å². The molecular weight excluding hydrogens is 370 g/mol. The molecule has 10 heteroatoms. The highest BCUT2D eigenvalue weighted by Gasteiger charge is 2.20. The summed E-state index contributed by atoms with van der Waals surface area (Å²) >= 11 is 1.28. The second-order valence-corrected chi connectivity index (χ2v) is 6.96. The van der Waals surface area contributed by atoms with Crippen LogP contribution in [0.15, 0.2) is 4.99 Å². The Balaban J connectivity index is 2.86. The van der Waals surface area contributed by atoms with E-state index in [4.69, 9.17) is 9.47 Å². The zero-order valence-electron chi connectivity index (χ0n) is 16.8. The molecule has 1 rings (SSSR count). The third-order valence-corrected chi connectivity index (χ3v) is 4.79. The number of likely N-dealkylation sites (N-methyl/N-ethyl adjacent to an activating group) is 1. The summed E-state index contributed by atoms with van der Waals surface area (Å²) in [6, 6.07) is -0.208. The number of rotatable bonds is 9. The standard InChI is InChI=1S/C17H29N5O4S/c1-7-26-16(24)14-11(2)20-15(27-14)12(3)21-17(18-8-9-25-6)19-10-13(23)22(4)5/h12H,7-10H2,1-6H3,(H2,18,19,21). The van der Waals surface area contributed by atoms with Crippen molar-refractivity contribution in [3.05, 3.63) is 15.6 Å². The highest BCUT2D eigenvalue weighted by atomic mass is 32.1. The van der Waals surface area contributed by atoms with Gasteiger partial charge < -0.3 is 25.0 Å². The number of nitrogens with one attached hydrogen (secondary N) is 2. The fourth-order valence-corrected chi connectivity index (χ4v) is 2.93. The van der Waals surface area contributed by atoms with Crippen LogP contribution in [0.5, 0.6) is 0 Å². The van der Waals surface area contributed by atoms with E-state index >= 15 is 0 Å². The number of carbonyl (C=O) groups is 2. The number of hydrogen-bond donors (Lipinski definition) is 2. The van der Waals surface area contributed by atoms with E-state index in [0.717, 1.165) is 5.01 Å². The van der Waals surface area contributed by atoms with E-state index in [0.29, 0.717) is 36.3 Å². The molecule has 27 heavy (non-hydrogen) atoms. The molecule has 1 aromatic rings. The minimum Gasteiger partial charge on any atom is -0.462 e. The number of ether oxygens (including phenoxy) is 2. The molecule has 0 saturated heterocycles. The zero-order valence-corrected chi connectivity index (χ0v) is 17.6. The summed E-state index contributed by atoms with van der Waals surface area (Å²) in [6.07, 6.45) is 0. The van der Waals surface area contributed by atoms with Crippen molar-refractivity contribution >= 4 is 29.2 Å². The van der Waals surface area contributed by atoms with Crippen molar-refractivity contribution in [2.75, 3.05) is 47.5 Å². The maximum absolute atomic E-state index is 12.0. The van der Waals surface area contributed by atoms with Crippen LogP contribution in [0.4, 0.5) is 0 Å². The predicted molar refractivity (Wildman–Crippen MR) is 105 cm³/mol. The summed E-state index contributed by atoms with van der Waals surface area (Å²) in [7, 11) is 4.97. The number of aromatic nitrogens is 1. The summed E-state index contributed by atoms with van der Waals surface area (Å²) in [4.78, 5) is 34.5. The molecule has 0 bridgehead atoms. The molecule has 2 N–H and O–H groups in total. The molecule has 1 heterocycles. The van der Waals surface area contributed by atoms with Crippen LogP contribution >= 0.6 is 11.3 Å². The third kappa shape index (κ3) is 7.51. The first-order valence-corrected chi connectivity index (χ1v) is 9.50. The van der Waals surface area contributed by atoms with E-state index in [-0.39, 0.29) is 24.5 Å². The van der Waals surface area contributed by atoms with Crippen molar-refractivity contribution < 1.29 is 19.1 Å². The van der Waals surface area contributed by atoms with E-state index < -0.39 is 0 Å². The normalized spacial score (nSPS) is 12.4. The molecule has 1 amide bonds. The molecule has 1 aromatic heterocycles. The predicted octanol–water partition coefficient (Wildman–Crippen LogP) is 0.959. The van der Waals surface area contributed by atoms with Gasteiger partial charge in [0.25, 0.3) is 0 Å². The summed E-state index contributed by atoms with van der Waals surface area (Å²) in [5, 5.41) is 7.05. The van der Waals surface area contributed by atoms with Gasteiger partial charge in [0.05, 0.1) is 24.9 Å². The second-order valence-electron chi connectivity index (χ2n) is 5.93. The molecule has 0 spiro atoms. The Bertz CT molecular complexity index is 660. The van der Waals surface area contributed by atoms with Crippen LogP contribution < -0.4 is 10.6 Å². The van der Waals surface area contributed by atoms with E-state index in [1.165, 1.54) is 16.2 Å². The fourth-order valence-electron chi connectivity index (χ4n) is 1.97. The molecular formula is C17H29N5O4S. The topological polar surface area (TPSA) is 105 Å². The van der Waals surface area contributed by atoms with E-state index in [2.05, 4.69) is 20.6 Å². The molecule has 0 fully saturated rings. The molecule has 0 aliphatic rings. The average Bonchev–Trinajstić information content (AvgIpc) is 3.01. The number of guanidine groups is 1. The second kappa shape index (κ2) is 11.5. The quantitative estimate of drug-likeness (QED) is 0.276. The summed E-state index contributed by atoms with van der Waals surface area (Å²) in [5.41, 5.74) is 0.635. The van der Waals surface area contributed by atoms with Gasteiger partial charge in [-0.25, -0.2) is 14.8 Å². The number of carbonyl (C=O) groups excluding carboxylic acids is 2. The number of aryl methyl sites for hydroxylation is 1.